The van der Waals surface area contributed by atoms with Crippen LogP contribution in [0.3, 0.4) is 0 Å². The number of piperidine rings is 1. The zero-order valence-electron chi connectivity index (χ0n) is 12.5. The minimum Gasteiger partial charge on any atom is -0.371 e. The lowest BCUT2D eigenvalue weighted by atomic mass is 9.73. The SMILES string of the molecule is CC(C)(C)c1ccc(N2CCC3(CC2)CNC3)cc1. The normalized spacial score (nSPS) is 22.4. The zero-order chi connectivity index (χ0) is 13.5. The molecule has 2 heteroatoms. The summed E-state index contributed by atoms with van der Waals surface area (Å²) in [6, 6.07) is 9.20. The molecule has 1 spiro atoms. The summed E-state index contributed by atoms with van der Waals surface area (Å²) in [7, 11) is 0. The summed E-state index contributed by atoms with van der Waals surface area (Å²) in [5.74, 6) is 0. The van der Waals surface area contributed by atoms with Crippen molar-refractivity contribution in [3.8, 4) is 0 Å². The standard InChI is InChI=1S/C17H26N2/c1-16(2,3)14-4-6-15(7-5-14)19-10-8-17(9-11-19)12-18-13-17/h4-7,18H,8-13H2,1-3H3. The molecule has 2 nitrogen and oxygen atoms in total. The summed E-state index contributed by atoms with van der Waals surface area (Å²) < 4.78 is 0. The van der Waals surface area contributed by atoms with E-state index in [0.29, 0.717) is 5.41 Å². The molecule has 2 aliphatic heterocycles. The van der Waals surface area contributed by atoms with Gasteiger partial charge in [-0.25, -0.2) is 0 Å². The third kappa shape index (κ3) is 2.51. The lowest BCUT2D eigenvalue weighted by Crippen LogP contribution is -2.58. The fraction of sp³-hybridized carbons (Fsp3) is 0.647. The van der Waals surface area contributed by atoms with E-state index < -0.39 is 0 Å². The molecule has 104 valence electrons. The van der Waals surface area contributed by atoms with Gasteiger partial charge >= 0.3 is 0 Å². The predicted octanol–water partition coefficient (Wildman–Crippen LogP) is 3.17. The summed E-state index contributed by atoms with van der Waals surface area (Å²) in [6.45, 7) is 11.7. The average molecular weight is 258 g/mol. The summed E-state index contributed by atoms with van der Waals surface area (Å²) in [5.41, 5.74) is 3.72. The second-order valence-corrected chi connectivity index (χ2v) is 7.39. The first-order valence-corrected chi connectivity index (χ1v) is 7.55. The lowest BCUT2D eigenvalue weighted by molar-refractivity contribution is 0.126. The van der Waals surface area contributed by atoms with Crippen molar-refractivity contribution in [2.45, 2.75) is 39.0 Å². The molecule has 0 aliphatic carbocycles. The van der Waals surface area contributed by atoms with Gasteiger partial charge in [0.1, 0.15) is 0 Å². The number of nitrogens with one attached hydrogen (secondary N) is 1. The third-order valence-corrected chi connectivity index (χ3v) is 4.92. The number of benzene rings is 1. The van der Waals surface area contributed by atoms with Crippen molar-refractivity contribution in [2.24, 2.45) is 5.41 Å². The van der Waals surface area contributed by atoms with Gasteiger partial charge in [-0.15, -0.1) is 0 Å². The highest BCUT2D eigenvalue weighted by molar-refractivity contribution is 5.49. The second kappa shape index (κ2) is 4.52. The molecule has 0 aromatic heterocycles. The summed E-state index contributed by atoms with van der Waals surface area (Å²) in [6.07, 6.45) is 2.70. The molecule has 2 aliphatic rings. The van der Waals surface area contributed by atoms with Gasteiger partial charge in [-0.2, -0.15) is 0 Å². The molecule has 19 heavy (non-hydrogen) atoms. The first kappa shape index (κ1) is 13.0. The van der Waals surface area contributed by atoms with Crippen LogP contribution >= 0.6 is 0 Å². The minimum atomic E-state index is 0.252. The van der Waals surface area contributed by atoms with Crippen molar-refractivity contribution >= 4 is 5.69 Å². The van der Waals surface area contributed by atoms with Crippen LogP contribution < -0.4 is 10.2 Å². The summed E-state index contributed by atoms with van der Waals surface area (Å²) in [4.78, 5) is 2.55. The molecular weight excluding hydrogens is 232 g/mol. The van der Waals surface area contributed by atoms with Gasteiger partial charge in [0.15, 0.2) is 0 Å². The monoisotopic (exact) mass is 258 g/mol. The van der Waals surface area contributed by atoms with Crippen LogP contribution in [0.4, 0.5) is 5.69 Å². The van der Waals surface area contributed by atoms with E-state index in [1.54, 1.807) is 0 Å². The topological polar surface area (TPSA) is 15.3 Å². The molecule has 0 saturated carbocycles. The number of hydrogen-bond donors (Lipinski definition) is 1. The fourth-order valence-electron chi connectivity index (χ4n) is 3.24. The Bertz CT molecular complexity index is 427. The molecule has 0 bridgehead atoms. The third-order valence-electron chi connectivity index (χ3n) is 4.92. The van der Waals surface area contributed by atoms with Gasteiger partial charge < -0.3 is 10.2 Å². The van der Waals surface area contributed by atoms with Gasteiger partial charge in [0, 0.05) is 31.9 Å². The number of anilines is 1. The number of hydrogen-bond acceptors (Lipinski definition) is 2. The van der Waals surface area contributed by atoms with Crippen LogP contribution in [0, 0.1) is 5.41 Å². The Morgan fingerprint density at radius 3 is 2.00 bits per heavy atom. The van der Waals surface area contributed by atoms with Gasteiger partial charge in [-0.3, -0.25) is 0 Å². The molecule has 1 aromatic rings. The molecule has 1 N–H and O–H groups in total. The maximum atomic E-state index is 3.43. The Morgan fingerprint density at radius 2 is 1.58 bits per heavy atom. The van der Waals surface area contributed by atoms with Crippen LogP contribution in [-0.2, 0) is 5.41 Å². The highest BCUT2D eigenvalue weighted by atomic mass is 15.2. The van der Waals surface area contributed by atoms with Gasteiger partial charge in [0.25, 0.3) is 0 Å². The van der Waals surface area contributed by atoms with E-state index in [4.69, 9.17) is 0 Å². The Balaban J connectivity index is 1.67. The van der Waals surface area contributed by atoms with Crippen molar-refractivity contribution in [3.05, 3.63) is 29.8 Å². The van der Waals surface area contributed by atoms with E-state index in [9.17, 15) is 0 Å². The van der Waals surface area contributed by atoms with Crippen LogP contribution in [0.15, 0.2) is 24.3 Å². The van der Waals surface area contributed by atoms with Crippen LogP contribution in [-0.4, -0.2) is 26.2 Å². The largest absolute Gasteiger partial charge is 0.371 e. The Morgan fingerprint density at radius 1 is 1.00 bits per heavy atom. The van der Waals surface area contributed by atoms with Crippen molar-refractivity contribution in [2.75, 3.05) is 31.1 Å². The van der Waals surface area contributed by atoms with Crippen molar-refractivity contribution in [1.29, 1.82) is 0 Å². The molecule has 3 rings (SSSR count). The molecule has 0 radical (unpaired) electrons. The van der Waals surface area contributed by atoms with Crippen LogP contribution in [0.2, 0.25) is 0 Å². The van der Waals surface area contributed by atoms with Crippen molar-refractivity contribution in [3.63, 3.8) is 0 Å². The molecule has 1 aromatic carbocycles. The first-order valence-electron chi connectivity index (χ1n) is 7.55. The molecule has 2 saturated heterocycles. The Labute approximate surface area is 117 Å². The van der Waals surface area contributed by atoms with Gasteiger partial charge in [-0.05, 0) is 41.4 Å². The Kier molecular flexibility index (Phi) is 3.09. The van der Waals surface area contributed by atoms with Crippen molar-refractivity contribution in [1.82, 2.24) is 5.32 Å². The van der Waals surface area contributed by atoms with E-state index in [0.717, 1.165) is 0 Å². The minimum absolute atomic E-state index is 0.252. The summed E-state index contributed by atoms with van der Waals surface area (Å²) in [5, 5.41) is 3.43. The van der Waals surface area contributed by atoms with Gasteiger partial charge in [0.05, 0.1) is 0 Å². The number of rotatable bonds is 1. The maximum Gasteiger partial charge on any atom is 0.0366 e. The van der Waals surface area contributed by atoms with Gasteiger partial charge in [-0.1, -0.05) is 32.9 Å². The fourth-order valence-corrected chi connectivity index (χ4v) is 3.24. The molecule has 2 heterocycles. The zero-order valence-corrected chi connectivity index (χ0v) is 12.5. The van der Waals surface area contributed by atoms with Crippen LogP contribution in [0.5, 0.6) is 0 Å². The van der Waals surface area contributed by atoms with Crippen LogP contribution in [0.1, 0.15) is 39.2 Å². The summed E-state index contributed by atoms with van der Waals surface area (Å²) >= 11 is 0. The predicted molar refractivity (Wildman–Crippen MR) is 81.9 cm³/mol. The second-order valence-electron chi connectivity index (χ2n) is 7.39. The smallest absolute Gasteiger partial charge is 0.0366 e. The van der Waals surface area contributed by atoms with E-state index in [2.05, 4.69) is 55.3 Å². The Hall–Kier alpha value is -1.02. The highest BCUT2D eigenvalue weighted by Gasteiger charge is 2.39. The number of nitrogens with zero attached hydrogens (tertiary/aromatic N) is 1. The van der Waals surface area contributed by atoms with E-state index in [1.807, 2.05) is 0 Å². The molecule has 0 atom stereocenters. The van der Waals surface area contributed by atoms with Crippen LogP contribution in [0.25, 0.3) is 0 Å². The quantitative estimate of drug-likeness (QED) is 0.832. The molecular formula is C17H26N2. The van der Waals surface area contributed by atoms with E-state index in [1.165, 1.54) is 50.3 Å². The molecule has 0 unspecified atom stereocenters. The molecule has 0 amide bonds. The van der Waals surface area contributed by atoms with E-state index in [-0.39, 0.29) is 5.41 Å². The maximum absolute atomic E-state index is 3.43. The lowest BCUT2D eigenvalue weighted by Gasteiger charge is -2.49. The van der Waals surface area contributed by atoms with Crippen molar-refractivity contribution < 1.29 is 0 Å². The molecule has 2 fully saturated rings. The highest BCUT2D eigenvalue weighted by Crippen LogP contribution is 2.36. The average Bonchev–Trinajstić information content (AvgIpc) is 2.36. The first-order chi connectivity index (χ1) is 8.99. The van der Waals surface area contributed by atoms with E-state index >= 15 is 0 Å². The van der Waals surface area contributed by atoms with Gasteiger partial charge in [0.2, 0.25) is 0 Å².